The molecular weight excluding hydrogens is 421 g/mol. The largest absolute Gasteiger partial charge is 0.432 e. The van der Waals surface area contributed by atoms with E-state index in [1.54, 1.807) is 13.0 Å². The molecule has 0 saturated heterocycles. The summed E-state index contributed by atoms with van der Waals surface area (Å²) in [4.78, 5) is 14.4. The summed E-state index contributed by atoms with van der Waals surface area (Å²) in [6.45, 7) is 15.1. The van der Waals surface area contributed by atoms with Crippen molar-refractivity contribution >= 4 is 25.5 Å². The Bertz CT molecular complexity index is 959. The first-order valence-corrected chi connectivity index (χ1v) is 14.0. The molecule has 2 rings (SSSR count). The Morgan fingerprint density at radius 3 is 2.50 bits per heavy atom. The Kier molecular flexibility index (Phi) is 7.20. The van der Waals surface area contributed by atoms with Gasteiger partial charge in [0.2, 0.25) is 5.95 Å². The first kappa shape index (κ1) is 24.6. The van der Waals surface area contributed by atoms with Gasteiger partial charge in [0, 0.05) is 11.8 Å². The van der Waals surface area contributed by atoms with Gasteiger partial charge < -0.3 is 9.32 Å². The average Bonchev–Trinajstić information content (AvgIpc) is 2.97. The standard InChI is InChI=1S/C21H32FN3O3SSi/c1-14-18(17(28-25-14)13-24-29(26)20(2,3)4)15-10-12-23-19(22)16(15)9-11-21(5,6)30(7,8)27/h10,12-13,27H,9,11H2,1-8H3. The lowest BCUT2D eigenvalue weighted by Crippen LogP contribution is -2.39. The van der Waals surface area contributed by atoms with Crippen molar-refractivity contribution < 1.29 is 17.9 Å². The van der Waals surface area contributed by atoms with Gasteiger partial charge in [0.05, 0.1) is 22.2 Å². The van der Waals surface area contributed by atoms with Crippen LogP contribution >= 0.6 is 0 Å². The summed E-state index contributed by atoms with van der Waals surface area (Å²) in [5.41, 5.74) is 2.26. The van der Waals surface area contributed by atoms with E-state index < -0.39 is 30.0 Å². The molecule has 0 amide bonds. The summed E-state index contributed by atoms with van der Waals surface area (Å²) >= 11 is 0. The van der Waals surface area contributed by atoms with Gasteiger partial charge in [-0.15, -0.1) is 0 Å². The Morgan fingerprint density at radius 1 is 1.30 bits per heavy atom. The van der Waals surface area contributed by atoms with Crippen molar-refractivity contribution in [3.05, 3.63) is 35.2 Å². The SMILES string of the molecule is Cc1noc(C=NS(=O)C(C)(C)C)c1-c1ccnc(F)c1CCC(C)(C)[Si](C)(C)O. The van der Waals surface area contributed by atoms with Gasteiger partial charge in [0.25, 0.3) is 0 Å². The molecule has 30 heavy (non-hydrogen) atoms. The molecule has 1 unspecified atom stereocenters. The van der Waals surface area contributed by atoms with Gasteiger partial charge in [-0.2, -0.15) is 8.79 Å². The van der Waals surface area contributed by atoms with E-state index in [0.717, 1.165) is 0 Å². The van der Waals surface area contributed by atoms with Crippen molar-refractivity contribution in [3.63, 3.8) is 0 Å². The van der Waals surface area contributed by atoms with Crippen LogP contribution in [0, 0.1) is 12.9 Å². The third kappa shape index (κ3) is 5.50. The maximum Gasteiger partial charge on any atom is 0.216 e. The number of aromatic nitrogens is 2. The number of aryl methyl sites for hydroxylation is 1. The van der Waals surface area contributed by atoms with Crippen LogP contribution in [0.3, 0.4) is 0 Å². The number of rotatable bonds is 7. The fraction of sp³-hybridized carbons (Fsp3) is 0.571. The first-order chi connectivity index (χ1) is 13.6. The zero-order chi connectivity index (χ0) is 22.9. The van der Waals surface area contributed by atoms with Gasteiger partial charge in [-0.1, -0.05) is 19.0 Å². The maximum absolute atomic E-state index is 14.8. The average molecular weight is 454 g/mol. The van der Waals surface area contributed by atoms with Gasteiger partial charge in [-0.25, -0.2) is 9.19 Å². The Hall–Kier alpha value is -1.71. The lowest BCUT2D eigenvalue weighted by Gasteiger charge is -2.35. The highest BCUT2D eigenvalue weighted by Crippen LogP contribution is 2.41. The molecule has 1 atom stereocenters. The fourth-order valence-corrected chi connectivity index (χ4v) is 3.98. The minimum absolute atomic E-state index is 0.301. The zero-order valence-corrected chi connectivity index (χ0v) is 20.9. The Morgan fingerprint density at radius 2 is 1.93 bits per heavy atom. The summed E-state index contributed by atoms with van der Waals surface area (Å²) < 4.78 is 36.0. The molecule has 0 bridgehead atoms. The van der Waals surface area contributed by atoms with Crippen molar-refractivity contribution in [2.24, 2.45) is 4.40 Å². The lowest BCUT2D eigenvalue weighted by molar-refractivity contribution is 0.410. The molecule has 2 aromatic rings. The second kappa shape index (κ2) is 8.80. The number of pyridine rings is 1. The molecule has 0 spiro atoms. The van der Waals surface area contributed by atoms with Crippen molar-refractivity contribution in [3.8, 4) is 11.1 Å². The van der Waals surface area contributed by atoms with Crippen LogP contribution in [0.4, 0.5) is 4.39 Å². The van der Waals surface area contributed by atoms with Crippen molar-refractivity contribution in [2.75, 3.05) is 0 Å². The molecule has 0 aromatic carbocycles. The molecule has 0 aliphatic carbocycles. The van der Waals surface area contributed by atoms with Gasteiger partial charge in [-0.3, -0.25) is 0 Å². The third-order valence-corrected chi connectivity index (χ3v) is 10.5. The van der Waals surface area contributed by atoms with Crippen molar-refractivity contribution in [1.82, 2.24) is 10.1 Å². The quantitative estimate of drug-likeness (QED) is 0.363. The topological polar surface area (TPSA) is 88.6 Å². The molecule has 0 aliphatic rings. The van der Waals surface area contributed by atoms with Crippen LogP contribution in [0.15, 0.2) is 21.2 Å². The molecule has 0 fully saturated rings. The van der Waals surface area contributed by atoms with E-state index in [0.29, 0.717) is 41.0 Å². The molecule has 2 heterocycles. The molecule has 0 saturated carbocycles. The van der Waals surface area contributed by atoms with Crippen LogP contribution in [0.2, 0.25) is 18.1 Å². The summed E-state index contributed by atoms with van der Waals surface area (Å²) in [6, 6.07) is 1.73. The predicted molar refractivity (Wildman–Crippen MR) is 122 cm³/mol. The molecule has 2 aromatic heterocycles. The number of hydrogen-bond acceptors (Lipinski definition) is 5. The van der Waals surface area contributed by atoms with E-state index in [-0.39, 0.29) is 5.04 Å². The van der Waals surface area contributed by atoms with Gasteiger partial charge in [0.1, 0.15) is 11.0 Å². The van der Waals surface area contributed by atoms with E-state index in [1.165, 1.54) is 12.4 Å². The van der Waals surface area contributed by atoms with Crippen molar-refractivity contribution in [2.45, 2.75) is 77.3 Å². The molecule has 9 heteroatoms. The molecule has 166 valence electrons. The van der Waals surface area contributed by atoms with E-state index in [2.05, 4.69) is 14.5 Å². The minimum atomic E-state index is -2.43. The molecule has 0 radical (unpaired) electrons. The Balaban J connectivity index is 2.47. The number of halogens is 1. The van der Waals surface area contributed by atoms with Crippen LogP contribution in [-0.4, -0.2) is 38.4 Å². The highest BCUT2D eigenvalue weighted by Gasteiger charge is 2.38. The van der Waals surface area contributed by atoms with Crippen LogP contribution in [0.1, 0.15) is 58.1 Å². The molecule has 1 N–H and O–H groups in total. The van der Waals surface area contributed by atoms with E-state index >= 15 is 0 Å². The maximum atomic E-state index is 14.8. The highest BCUT2D eigenvalue weighted by molar-refractivity contribution is 7.85. The highest BCUT2D eigenvalue weighted by atomic mass is 32.2. The van der Waals surface area contributed by atoms with E-state index in [9.17, 15) is 13.4 Å². The predicted octanol–water partition coefficient (Wildman–Crippen LogP) is 4.98. The second-order valence-electron chi connectivity index (χ2n) is 9.67. The molecule has 6 nitrogen and oxygen atoms in total. The molecule has 0 aliphatic heterocycles. The third-order valence-electron chi connectivity index (χ3n) is 5.61. The monoisotopic (exact) mass is 453 g/mol. The first-order valence-electron chi connectivity index (χ1n) is 9.93. The van der Waals surface area contributed by atoms with Gasteiger partial charge >= 0.3 is 0 Å². The number of hydrogen-bond donors (Lipinski definition) is 1. The summed E-state index contributed by atoms with van der Waals surface area (Å²) in [7, 11) is -3.89. The smallest absolute Gasteiger partial charge is 0.216 e. The lowest BCUT2D eigenvalue weighted by atomic mass is 9.94. The second-order valence-corrected chi connectivity index (χ2v) is 16.1. The van der Waals surface area contributed by atoms with Crippen LogP contribution in [0.5, 0.6) is 0 Å². The summed E-state index contributed by atoms with van der Waals surface area (Å²) in [5, 5.41) is 3.71. The minimum Gasteiger partial charge on any atom is -0.432 e. The van der Waals surface area contributed by atoms with Gasteiger partial charge in [0.15, 0.2) is 14.1 Å². The van der Waals surface area contributed by atoms with Crippen molar-refractivity contribution in [1.29, 1.82) is 0 Å². The fourth-order valence-electron chi connectivity index (χ4n) is 2.74. The van der Waals surface area contributed by atoms with Crippen LogP contribution in [0.25, 0.3) is 11.1 Å². The van der Waals surface area contributed by atoms with E-state index in [4.69, 9.17) is 4.52 Å². The zero-order valence-electron chi connectivity index (χ0n) is 19.0. The summed E-state index contributed by atoms with van der Waals surface area (Å²) in [5.74, 6) is -0.226. The van der Waals surface area contributed by atoms with Crippen LogP contribution in [-0.2, 0) is 17.4 Å². The van der Waals surface area contributed by atoms with Crippen LogP contribution < -0.4 is 0 Å². The molecular formula is C21H32FN3O3SSi. The normalized spacial score (nSPS) is 14.5. The number of nitrogens with zero attached hydrogens (tertiary/aromatic N) is 3. The van der Waals surface area contributed by atoms with Gasteiger partial charge in [-0.05, 0) is 70.3 Å². The Labute approximate surface area is 181 Å². The summed E-state index contributed by atoms with van der Waals surface area (Å²) in [6.07, 6.45) is 3.82. The van der Waals surface area contributed by atoms with E-state index in [1.807, 2.05) is 47.7 Å².